The molecule has 1 unspecified atom stereocenters. The van der Waals surface area contributed by atoms with Gasteiger partial charge in [-0.25, -0.2) is 29.0 Å². The van der Waals surface area contributed by atoms with Gasteiger partial charge in [-0.15, -0.1) is 5.10 Å². The number of aromatic nitrogens is 8. The lowest BCUT2D eigenvalue weighted by molar-refractivity contribution is -0.144. The summed E-state index contributed by atoms with van der Waals surface area (Å²) in [4.78, 5) is 15.3. The summed E-state index contributed by atoms with van der Waals surface area (Å²) in [5.41, 5.74) is 7.92. The van der Waals surface area contributed by atoms with Gasteiger partial charge in [0, 0.05) is 23.5 Å². The maximum atomic E-state index is 14.2. The first-order valence-electron chi connectivity index (χ1n) is 10.0. The number of hydrogen-bond donors (Lipinski definition) is 1. The zero-order chi connectivity index (χ0) is 24.9. The van der Waals surface area contributed by atoms with Gasteiger partial charge in [-0.05, 0) is 35.0 Å². The number of para-hydroxylation sites is 1. The molecule has 1 aromatic carbocycles. The summed E-state index contributed by atoms with van der Waals surface area (Å²) in [5.74, 6) is -1.61. The molecule has 5 rings (SSSR count). The molecule has 5 aromatic rings. The third-order valence-corrected chi connectivity index (χ3v) is 6.15. The van der Waals surface area contributed by atoms with Gasteiger partial charge in [0.15, 0.2) is 0 Å². The van der Waals surface area contributed by atoms with Crippen molar-refractivity contribution in [2.45, 2.75) is 19.1 Å². The van der Waals surface area contributed by atoms with Crippen LogP contribution in [0.4, 0.5) is 23.4 Å². The number of anilines is 1. The molecule has 0 saturated carbocycles. The minimum atomic E-state index is -4.68. The van der Waals surface area contributed by atoms with E-state index in [9.17, 15) is 17.6 Å². The first-order chi connectivity index (χ1) is 16.7. The first-order valence-corrected chi connectivity index (χ1v) is 10.8. The Balaban J connectivity index is 1.64. The van der Waals surface area contributed by atoms with Crippen LogP contribution in [0.2, 0.25) is 0 Å². The maximum absolute atomic E-state index is 14.2. The second kappa shape index (κ2) is 8.37. The van der Waals surface area contributed by atoms with E-state index in [2.05, 4.69) is 46.2 Å². The summed E-state index contributed by atoms with van der Waals surface area (Å²) >= 11 is 3.53. The van der Waals surface area contributed by atoms with E-state index in [0.717, 1.165) is 12.4 Å². The second-order valence-electron chi connectivity index (χ2n) is 7.50. The van der Waals surface area contributed by atoms with Crippen LogP contribution in [0.3, 0.4) is 0 Å². The molecule has 0 aliphatic rings. The highest BCUT2D eigenvalue weighted by Crippen LogP contribution is 2.42. The zero-order valence-corrected chi connectivity index (χ0v) is 19.3. The van der Waals surface area contributed by atoms with Crippen LogP contribution in [-0.2, 0) is 6.18 Å². The fourth-order valence-electron chi connectivity index (χ4n) is 3.70. The average molecular weight is 548 g/mol. The Hall–Kier alpha value is -3.94. The lowest BCUT2D eigenvalue weighted by Crippen LogP contribution is -2.10. The zero-order valence-electron chi connectivity index (χ0n) is 17.7. The van der Waals surface area contributed by atoms with Gasteiger partial charge in [-0.3, -0.25) is 0 Å². The molecular weight excluding hydrogens is 534 g/mol. The van der Waals surface area contributed by atoms with Gasteiger partial charge in [-0.1, -0.05) is 17.3 Å². The quantitative estimate of drug-likeness (QED) is 0.327. The normalized spacial score (nSPS) is 12.9. The van der Waals surface area contributed by atoms with Crippen molar-refractivity contribution in [3.63, 3.8) is 0 Å². The first kappa shape index (κ1) is 22.8. The number of hydrogen-bond acceptors (Lipinski definition) is 7. The number of alkyl halides is 3. The Kier molecular flexibility index (Phi) is 5.46. The summed E-state index contributed by atoms with van der Waals surface area (Å²) in [7, 11) is 0. The van der Waals surface area contributed by atoms with Crippen molar-refractivity contribution in [1.82, 2.24) is 39.5 Å². The lowest BCUT2D eigenvalue weighted by atomic mass is 10.1. The molecular formula is C21H14BrF4N9. The van der Waals surface area contributed by atoms with E-state index >= 15 is 0 Å². The van der Waals surface area contributed by atoms with Crippen LogP contribution < -0.4 is 5.73 Å². The van der Waals surface area contributed by atoms with E-state index in [1.807, 2.05) is 6.92 Å². The molecule has 2 N–H and O–H groups in total. The topological polar surface area (TPSA) is 113 Å². The Morgan fingerprint density at radius 1 is 1.06 bits per heavy atom. The van der Waals surface area contributed by atoms with Crippen molar-refractivity contribution in [1.29, 1.82) is 0 Å². The van der Waals surface area contributed by atoms with Crippen molar-refractivity contribution in [2.24, 2.45) is 0 Å². The van der Waals surface area contributed by atoms with E-state index in [1.165, 1.54) is 17.1 Å². The smallest absolute Gasteiger partial charge is 0.383 e. The molecule has 178 valence electrons. The number of nitrogens with zero attached hydrogens (tertiary/aromatic N) is 8. The third kappa shape index (κ3) is 3.88. The lowest BCUT2D eigenvalue weighted by Gasteiger charge is -2.13. The van der Waals surface area contributed by atoms with Gasteiger partial charge in [0.2, 0.25) is 5.82 Å². The van der Waals surface area contributed by atoms with Crippen molar-refractivity contribution in [2.75, 3.05) is 5.73 Å². The monoisotopic (exact) mass is 547 g/mol. The van der Waals surface area contributed by atoms with Crippen LogP contribution in [0, 0.1) is 5.82 Å². The number of nitrogen functional groups attached to an aromatic ring is 1. The van der Waals surface area contributed by atoms with Gasteiger partial charge in [0.25, 0.3) is 0 Å². The van der Waals surface area contributed by atoms with Crippen LogP contribution in [0.15, 0.2) is 53.8 Å². The van der Waals surface area contributed by atoms with Gasteiger partial charge < -0.3 is 10.3 Å². The molecule has 35 heavy (non-hydrogen) atoms. The van der Waals surface area contributed by atoms with E-state index < -0.39 is 23.9 Å². The van der Waals surface area contributed by atoms with Crippen LogP contribution in [0.25, 0.3) is 27.8 Å². The Bertz CT molecular complexity index is 1540. The maximum Gasteiger partial charge on any atom is 0.451 e. The van der Waals surface area contributed by atoms with Gasteiger partial charge in [0.1, 0.15) is 35.0 Å². The van der Waals surface area contributed by atoms with Crippen molar-refractivity contribution >= 4 is 32.8 Å². The third-order valence-electron chi connectivity index (χ3n) is 5.37. The number of fused-ring (bicyclic) bond motifs is 1. The number of rotatable bonds is 4. The Morgan fingerprint density at radius 3 is 2.46 bits per heavy atom. The van der Waals surface area contributed by atoms with E-state index in [4.69, 9.17) is 5.73 Å². The molecule has 0 aliphatic carbocycles. The molecule has 0 bridgehead atoms. The van der Waals surface area contributed by atoms with E-state index in [-0.39, 0.29) is 17.1 Å². The number of benzene rings is 1. The molecule has 9 nitrogen and oxygen atoms in total. The minimum Gasteiger partial charge on any atom is -0.383 e. The SMILES string of the molecule is CC(c1cn(-c2ccccc2F)nn1)n1c(Br)c(-c2cnc(C(F)(F)F)nc2)c2c(N)ncnc21. The predicted molar refractivity (Wildman–Crippen MR) is 121 cm³/mol. The van der Waals surface area contributed by atoms with Gasteiger partial charge >= 0.3 is 6.18 Å². The highest BCUT2D eigenvalue weighted by molar-refractivity contribution is 9.10. The van der Waals surface area contributed by atoms with E-state index in [1.54, 1.807) is 29.0 Å². The highest BCUT2D eigenvalue weighted by Gasteiger charge is 2.35. The number of nitrogens with two attached hydrogens (primary N) is 1. The van der Waals surface area contributed by atoms with Gasteiger partial charge in [0.05, 0.1) is 22.2 Å². The summed E-state index contributed by atoms with van der Waals surface area (Å²) in [6.45, 7) is 1.81. The molecule has 0 radical (unpaired) electrons. The molecule has 14 heteroatoms. The Morgan fingerprint density at radius 2 is 1.77 bits per heavy atom. The van der Waals surface area contributed by atoms with Gasteiger partial charge in [-0.2, -0.15) is 13.2 Å². The Labute approximate surface area is 202 Å². The fraction of sp³-hybridized carbons (Fsp3) is 0.143. The standard InChI is InChI=1S/C21H14BrF4N9/c1-10(13-8-34(33-32-13)14-5-3-2-4-12(14)23)35-17(22)15(16-18(27)30-9-31-19(16)35)11-6-28-20(29-7-11)21(24,25)26/h2-10H,1H3,(H2,27,30,31). The van der Waals surface area contributed by atoms with Crippen molar-refractivity contribution in [3.8, 4) is 16.8 Å². The average Bonchev–Trinajstić information content (AvgIpc) is 3.42. The van der Waals surface area contributed by atoms with Crippen LogP contribution in [0.1, 0.15) is 24.5 Å². The molecule has 1 atom stereocenters. The van der Waals surface area contributed by atoms with Crippen LogP contribution in [-0.4, -0.2) is 39.5 Å². The predicted octanol–water partition coefficient (Wildman–Crippen LogP) is 4.58. The minimum absolute atomic E-state index is 0.117. The molecule has 4 aromatic heterocycles. The molecule has 0 fully saturated rings. The van der Waals surface area contributed by atoms with Crippen LogP contribution >= 0.6 is 15.9 Å². The summed E-state index contributed by atoms with van der Waals surface area (Å²) in [6, 6.07) is 5.63. The fourth-order valence-corrected chi connectivity index (χ4v) is 4.61. The van der Waals surface area contributed by atoms with E-state index in [0.29, 0.717) is 26.9 Å². The largest absolute Gasteiger partial charge is 0.451 e. The molecule has 4 heterocycles. The second-order valence-corrected chi connectivity index (χ2v) is 8.25. The highest BCUT2D eigenvalue weighted by atomic mass is 79.9. The number of halogens is 5. The molecule has 0 spiro atoms. The van der Waals surface area contributed by atoms with Crippen molar-refractivity contribution in [3.05, 3.63) is 71.1 Å². The summed E-state index contributed by atoms with van der Waals surface area (Å²) in [5, 5.41) is 8.61. The summed E-state index contributed by atoms with van der Waals surface area (Å²) < 4.78 is 56.5. The van der Waals surface area contributed by atoms with Crippen LogP contribution in [0.5, 0.6) is 0 Å². The summed E-state index contributed by atoms with van der Waals surface area (Å²) in [6.07, 6.45) is 0.296. The molecule has 0 amide bonds. The van der Waals surface area contributed by atoms with Crippen molar-refractivity contribution < 1.29 is 17.6 Å². The molecule has 0 aliphatic heterocycles. The molecule has 0 saturated heterocycles.